The van der Waals surface area contributed by atoms with Gasteiger partial charge >= 0.3 is 18.1 Å². The zero-order chi connectivity index (χ0) is 7.98. The van der Waals surface area contributed by atoms with Crippen molar-refractivity contribution in [2.24, 2.45) is 0 Å². The lowest BCUT2D eigenvalue weighted by molar-refractivity contribution is 1.29. The highest BCUT2D eigenvalue weighted by Crippen LogP contribution is 1.99. The minimum atomic E-state index is -0.290. The molecule has 0 aromatic carbocycles. The van der Waals surface area contributed by atoms with Crippen LogP contribution in [-0.4, -0.2) is 5.71 Å². The highest BCUT2D eigenvalue weighted by molar-refractivity contribution is 6.02. The standard InChI is InChI=1S/C6H3N4/c7-2-1-6(10)5(3-8)4-9/h10H,1H2/q+1. The van der Waals surface area contributed by atoms with Gasteiger partial charge in [0.15, 0.2) is 0 Å². The molecule has 0 amide bonds. The van der Waals surface area contributed by atoms with Gasteiger partial charge in [-0.3, -0.25) is 5.41 Å². The summed E-state index contributed by atoms with van der Waals surface area (Å²) < 4.78 is 0. The van der Waals surface area contributed by atoms with E-state index in [1.54, 1.807) is 6.07 Å². The molecule has 0 radical (unpaired) electrons. The SMILES string of the molecule is N#CCC(=N)[C+](C#N)C#N. The van der Waals surface area contributed by atoms with Crippen molar-refractivity contribution in [1.29, 1.82) is 21.2 Å². The van der Waals surface area contributed by atoms with Gasteiger partial charge in [0.25, 0.3) is 0 Å². The van der Waals surface area contributed by atoms with Gasteiger partial charge in [-0.1, -0.05) is 0 Å². The smallest absolute Gasteiger partial charge is 0.261 e. The van der Waals surface area contributed by atoms with Crippen LogP contribution in [-0.2, 0) is 0 Å². The Morgan fingerprint density at radius 1 is 1.30 bits per heavy atom. The third-order valence-electron chi connectivity index (χ3n) is 0.781. The van der Waals surface area contributed by atoms with E-state index in [0.717, 1.165) is 0 Å². The molecule has 0 bridgehead atoms. The Morgan fingerprint density at radius 2 is 1.80 bits per heavy atom. The van der Waals surface area contributed by atoms with E-state index in [0.29, 0.717) is 0 Å². The fraction of sp³-hybridized carbons (Fsp3) is 0.167. The van der Waals surface area contributed by atoms with Crippen molar-refractivity contribution >= 4 is 5.71 Å². The molecule has 0 aromatic rings. The Balaban J connectivity index is 4.13. The molecule has 0 heterocycles. The van der Waals surface area contributed by atoms with Crippen molar-refractivity contribution in [3.05, 3.63) is 5.92 Å². The Hall–Kier alpha value is -1.99. The van der Waals surface area contributed by atoms with Crippen LogP contribution >= 0.6 is 0 Å². The van der Waals surface area contributed by atoms with Crippen molar-refractivity contribution in [3.8, 4) is 18.2 Å². The van der Waals surface area contributed by atoms with Gasteiger partial charge in [-0.05, 0) is 0 Å². The van der Waals surface area contributed by atoms with Crippen molar-refractivity contribution in [2.75, 3.05) is 0 Å². The predicted octanol–water partition coefficient (Wildman–Crippen LogP) is 0.541. The third kappa shape index (κ3) is 1.86. The number of rotatable bonds is 2. The molecule has 10 heavy (non-hydrogen) atoms. The molecule has 46 valence electrons. The summed E-state index contributed by atoms with van der Waals surface area (Å²) in [4.78, 5) is 0. The first kappa shape index (κ1) is 8.01. The van der Waals surface area contributed by atoms with E-state index in [9.17, 15) is 0 Å². The van der Waals surface area contributed by atoms with E-state index in [1.807, 2.05) is 0 Å². The summed E-state index contributed by atoms with van der Waals surface area (Å²) in [5.41, 5.74) is -0.215. The molecule has 0 aliphatic rings. The molecule has 0 rings (SSSR count). The largest absolute Gasteiger partial charge is 0.366 e. The highest BCUT2D eigenvalue weighted by atomic mass is 14.5. The topological polar surface area (TPSA) is 95.2 Å². The molecular weight excluding hydrogens is 128 g/mol. The van der Waals surface area contributed by atoms with E-state index in [1.165, 1.54) is 12.1 Å². The summed E-state index contributed by atoms with van der Waals surface area (Å²) in [6.45, 7) is 0. The molecule has 1 N–H and O–H groups in total. The summed E-state index contributed by atoms with van der Waals surface area (Å²) >= 11 is 0. The van der Waals surface area contributed by atoms with Crippen molar-refractivity contribution in [3.63, 3.8) is 0 Å². The predicted molar refractivity (Wildman–Crippen MR) is 32.4 cm³/mol. The van der Waals surface area contributed by atoms with Crippen LogP contribution in [0.1, 0.15) is 6.42 Å². The molecule has 0 aliphatic carbocycles. The fourth-order valence-corrected chi connectivity index (χ4v) is 0.327. The van der Waals surface area contributed by atoms with Crippen LogP contribution < -0.4 is 0 Å². The van der Waals surface area contributed by atoms with Gasteiger partial charge in [0, 0.05) is 0 Å². The zero-order valence-corrected chi connectivity index (χ0v) is 5.05. The van der Waals surface area contributed by atoms with Gasteiger partial charge in [-0.25, -0.2) is 0 Å². The molecule has 0 fully saturated rings. The van der Waals surface area contributed by atoms with Crippen molar-refractivity contribution in [2.45, 2.75) is 6.42 Å². The summed E-state index contributed by atoms with van der Waals surface area (Å²) in [6.07, 6.45) is -0.184. The first-order chi connectivity index (χ1) is 4.76. The minimum absolute atomic E-state index is 0.184. The monoisotopic (exact) mass is 131 g/mol. The van der Waals surface area contributed by atoms with Gasteiger partial charge in [-0.2, -0.15) is 5.26 Å². The van der Waals surface area contributed by atoms with Gasteiger partial charge in [0.1, 0.15) is 6.42 Å². The lowest BCUT2D eigenvalue weighted by Gasteiger charge is -1.78. The summed E-state index contributed by atoms with van der Waals surface area (Å²) in [5.74, 6) is -0.290. The molecule has 0 aliphatic heterocycles. The van der Waals surface area contributed by atoms with E-state index < -0.39 is 0 Å². The third-order valence-corrected chi connectivity index (χ3v) is 0.781. The number of hydrogen-bond acceptors (Lipinski definition) is 4. The normalized spacial score (nSPS) is 6.50. The van der Waals surface area contributed by atoms with Gasteiger partial charge in [0.2, 0.25) is 5.71 Å². The van der Waals surface area contributed by atoms with Crippen LogP contribution in [0.25, 0.3) is 0 Å². The molecule has 0 saturated heterocycles. The number of hydrogen-bond donors (Lipinski definition) is 1. The lowest BCUT2D eigenvalue weighted by Crippen LogP contribution is -2.05. The molecular formula is C6H3N4+. The van der Waals surface area contributed by atoms with Crippen LogP contribution in [0.4, 0.5) is 0 Å². The van der Waals surface area contributed by atoms with Crippen LogP contribution in [0.5, 0.6) is 0 Å². The van der Waals surface area contributed by atoms with E-state index >= 15 is 0 Å². The molecule has 4 heteroatoms. The maximum Gasteiger partial charge on any atom is 0.366 e. The Kier molecular flexibility index (Phi) is 3.16. The Bertz CT molecular complexity index is 232. The van der Waals surface area contributed by atoms with Gasteiger partial charge < -0.3 is 0 Å². The number of nitriles is 3. The molecule has 0 aromatic heterocycles. The quantitative estimate of drug-likeness (QED) is 0.437. The van der Waals surface area contributed by atoms with Crippen LogP contribution in [0.2, 0.25) is 0 Å². The zero-order valence-electron chi connectivity index (χ0n) is 5.05. The molecule has 0 spiro atoms. The minimum Gasteiger partial charge on any atom is -0.261 e. The van der Waals surface area contributed by atoms with E-state index in [-0.39, 0.29) is 18.1 Å². The molecule has 0 saturated carbocycles. The molecule has 0 unspecified atom stereocenters. The second-order valence-corrected chi connectivity index (χ2v) is 1.41. The number of nitrogens with one attached hydrogen (secondary N) is 1. The molecule has 0 atom stereocenters. The van der Waals surface area contributed by atoms with Gasteiger partial charge in [0.05, 0.1) is 6.07 Å². The second kappa shape index (κ2) is 3.95. The first-order valence-electron chi connectivity index (χ1n) is 2.38. The van der Waals surface area contributed by atoms with Crippen molar-refractivity contribution < 1.29 is 0 Å². The lowest BCUT2D eigenvalue weighted by atomic mass is 10.1. The highest BCUT2D eigenvalue weighted by Gasteiger charge is 2.28. The Morgan fingerprint density at radius 3 is 2.10 bits per heavy atom. The summed E-state index contributed by atoms with van der Waals surface area (Å²) in [5, 5.41) is 31.3. The molecule has 4 nitrogen and oxygen atoms in total. The average Bonchev–Trinajstić information content (AvgIpc) is 1.91. The van der Waals surface area contributed by atoms with E-state index in [4.69, 9.17) is 21.2 Å². The summed E-state index contributed by atoms with van der Waals surface area (Å²) in [7, 11) is 0. The average molecular weight is 131 g/mol. The van der Waals surface area contributed by atoms with Crippen LogP contribution in [0.15, 0.2) is 0 Å². The first-order valence-corrected chi connectivity index (χ1v) is 2.38. The van der Waals surface area contributed by atoms with Crippen molar-refractivity contribution in [1.82, 2.24) is 0 Å². The number of nitrogens with zero attached hydrogens (tertiary/aromatic N) is 3. The van der Waals surface area contributed by atoms with Crippen LogP contribution in [0, 0.1) is 45.3 Å². The maximum absolute atomic E-state index is 8.16. The van der Waals surface area contributed by atoms with Gasteiger partial charge in [-0.15, -0.1) is 10.5 Å². The summed E-state index contributed by atoms with van der Waals surface area (Å²) in [6, 6.07) is 4.70. The van der Waals surface area contributed by atoms with E-state index in [2.05, 4.69) is 0 Å². The van der Waals surface area contributed by atoms with Crippen LogP contribution in [0.3, 0.4) is 0 Å². The fourth-order valence-electron chi connectivity index (χ4n) is 0.327. The second-order valence-electron chi connectivity index (χ2n) is 1.41. The maximum atomic E-state index is 8.16. The Labute approximate surface area is 58.4 Å².